The van der Waals surface area contributed by atoms with Gasteiger partial charge in [0.1, 0.15) is 0 Å². The summed E-state index contributed by atoms with van der Waals surface area (Å²) in [7, 11) is 0. The van der Waals surface area contributed by atoms with Gasteiger partial charge in [0.05, 0.1) is 17.8 Å². The molecule has 1 amide bonds. The standard InChI is InChI=1S/C10H16N4O/c11-4-7-2-1-3-9(7)14-6-8(5-13-14)10(12)15/h5-7,9H,1-4,11H2,(H2,12,15). The molecule has 2 atom stereocenters. The minimum atomic E-state index is -0.427. The van der Waals surface area contributed by atoms with Gasteiger partial charge >= 0.3 is 0 Å². The van der Waals surface area contributed by atoms with E-state index in [-0.39, 0.29) is 0 Å². The van der Waals surface area contributed by atoms with E-state index < -0.39 is 5.91 Å². The number of amides is 1. The Labute approximate surface area is 88.4 Å². The van der Waals surface area contributed by atoms with E-state index in [2.05, 4.69) is 5.10 Å². The van der Waals surface area contributed by atoms with E-state index in [0.717, 1.165) is 12.8 Å². The van der Waals surface area contributed by atoms with Crippen molar-refractivity contribution < 1.29 is 4.79 Å². The van der Waals surface area contributed by atoms with Crippen LogP contribution in [0.4, 0.5) is 0 Å². The molecule has 0 aromatic carbocycles. The Kier molecular flexibility index (Phi) is 2.73. The molecule has 0 saturated heterocycles. The fraction of sp³-hybridized carbons (Fsp3) is 0.600. The number of nitrogens with zero attached hydrogens (tertiary/aromatic N) is 2. The molecule has 1 fully saturated rings. The van der Waals surface area contributed by atoms with Crippen LogP contribution in [-0.4, -0.2) is 22.2 Å². The van der Waals surface area contributed by atoms with Crippen molar-refractivity contribution in [2.75, 3.05) is 6.54 Å². The number of hydrogen-bond donors (Lipinski definition) is 2. The van der Waals surface area contributed by atoms with Crippen LogP contribution < -0.4 is 11.5 Å². The molecule has 82 valence electrons. The summed E-state index contributed by atoms with van der Waals surface area (Å²) in [4.78, 5) is 10.9. The molecule has 1 aliphatic carbocycles. The highest BCUT2D eigenvalue weighted by atomic mass is 16.1. The maximum atomic E-state index is 10.9. The SMILES string of the molecule is NCC1CCCC1n1cc(C(N)=O)cn1. The molecule has 1 aliphatic rings. The summed E-state index contributed by atoms with van der Waals surface area (Å²) in [5.74, 6) is 0.0502. The molecule has 0 bridgehead atoms. The van der Waals surface area contributed by atoms with Crippen LogP contribution in [0.1, 0.15) is 35.7 Å². The molecule has 15 heavy (non-hydrogen) atoms. The van der Waals surface area contributed by atoms with Gasteiger partial charge < -0.3 is 11.5 Å². The highest BCUT2D eigenvalue weighted by Gasteiger charge is 2.28. The van der Waals surface area contributed by atoms with Crippen LogP contribution in [0, 0.1) is 5.92 Å². The summed E-state index contributed by atoms with van der Waals surface area (Å²) in [6, 6.07) is 0.336. The normalized spacial score (nSPS) is 25.7. The Bertz CT molecular complexity index is 360. The summed E-state index contributed by atoms with van der Waals surface area (Å²) in [5, 5.41) is 4.18. The van der Waals surface area contributed by atoms with Crippen LogP contribution in [0.2, 0.25) is 0 Å². The number of carbonyl (C=O) groups excluding carboxylic acids is 1. The highest BCUT2D eigenvalue weighted by molar-refractivity contribution is 5.92. The first-order valence-electron chi connectivity index (χ1n) is 5.26. The largest absolute Gasteiger partial charge is 0.366 e. The van der Waals surface area contributed by atoms with E-state index in [4.69, 9.17) is 11.5 Å². The van der Waals surface area contributed by atoms with E-state index in [1.165, 1.54) is 12.6 Å². The van der Waals surface area contributed by atoms with E-state index in [0.29, 0.717) is 24.1 Å². The smallest absolute Gasteiger partial charge is 0.251 e. The predicted octanol–water partition coefficient (Wildman–Crippen LogP) is 0.282. The maximum Gasteiger partial charge on any atom is 0.251 e. The van der Waals surface area contributed by atoms with Crippen molar-refractivity contribution in [2.45, 2.75) is 25.3 Å². The van der Waals surface area contributed by atoms with Crippen molar-refractivity contribution in [1.29, 1.82) is 0 Å². The third-order valence-electron chi connectivity index (χ3n) is 3.15. The second-order valence-corrected chi connectivity index (χ2v) is 4.07. The molecule has 1 aromatic rings. The van der Waals surface area contributed by atoms with Gasteiger partial charge in [-0.15, -0.1) is 0 Å². The number of primary amides is 1. The first kappa shape index (κ1) is 10.2. The van der Waals surface area contributed by atoms with E-state index >= 15 is 0 Å². The molecule has 5 heteroatoms. The number of hydrogen-bond acceptors (Lipinski definition) is 3. The van der Waals surface area contributed by atoms with Crippen LogP contribution in [-0.2, 0) is 0 Å². The third kappa shape index (κ3) is 1.87. The second kappa shape index (κ2) is 4.02. The summed E-state index contributed by atoms with van der Waals surface area (Å²) in [6.07, 6.45) is 6.65. The Balaban J connectivity index is 2.18. The Morgan fingerprint density at radius 1 is 1.60 bits per heavy atom. The zero-order valence-corrected chi connectivity index (χ0v) is 8.60. The number of carbonyl (C=O) groups is 1. The molecule has 1 aromatic heterocycles. The minimum absolute atomic E-state index is 0.336. The topological polar surface area (TPSA) is 86.9 Å². The first-order chi connectivity index (χ1) is 7.22. The first-order valence-corrected chi connectivity index (χ1v) is 5.26. The molecule has 2 rings (SSSR count). The lowest BCUT2D eigenvalue weighted by Gasteiger charge is -2.17. The molecular formula is C10H16N4O. The van der Waals surface area contributed by atoms with Crippen LogP contribution in [0.15, 0.2) is 12.4 Å². The zero-order valence-electron chi connectivity index (χ0n) is 8.60. The summed E-state index contributed by atoms with van der Waals surface area (Å²) >= 11 is 0. The van der Waals surface area contributed by atoms with Gasteiger partial charge in [-0.3, -0.25) is 9.48 Å². The van der Waals surface area contributed by atoms with E-state index in [1.54, 1.807) is 6.20 Å². The van der Waals surface area contributed by atoms with Crippen molar-refractivity contribution in [3.05, 3.63) is 18.0 Å². The molecule has 5 nitrogen and oxygen atoms in total. The molecule has 1 saturated carbocycles. The van der Waals surface area contributed by atoms with Gasteiger partial charge in [0.2, 0.25) is 0 Å². The number of aromatic nitrogens is 2. The molecule has 0 aliphatic heterocycles. The molecule has 2 unspecified atom stereocenters. The van der Waals surface area contributed by atoms with Crippen LogP contribution in [0.25, 0.3) is 0 Å². The summed E-state index contributed by atoms with van der Waals surface area (Å²) in [5.41, 5.74) is 11.3. The molecule has 1 heterocycles. The van der Waals surface area contributed by atoms with E-state index in [9.17, 15) is 4.79 Å². The van der Waals surface area contributed by atoms with Crippen LogP contribution in [0.5, 0.6) is 0 Å². The van der Waals surface area contributed by atoms with Crippen molar-refractivity contribution in [3.8, 4) is 0 Å². The molecular weight excluding hydrogens is 192 g/mol. The Morgan fingerprint density at radius 2 is 2.40 bits per heavy atom. The fourth-order valence-electron chi connectivity index (χ4n) is 2.29. The van der Waals surface area contributed by atoms with Gasteiger partial charge in [0.15, 0.2) is 0 Å². The van der Waals surface area contributed by atoms with Crippen LogP contribution in [0.3, 0.4) is 0 Å². The number of nitrogens with two attached hydrogens (primary N) is 2. The zero-order chi connectivity index (χ0) is 10.8. The lowest BCUT2D eigenvalue weighted by atomic mass is 10.0. The molecule has 0 spiro atoms. The maximum absolute atomic E-state index is 10.9. The molecule has 0 radical (unpaired) electrons. The fourth-order valence-corrected chi connectivity index (χ4v) is 2.29. The predicted molar refractivity (Wildman–Crippen MR) is 56.2 cm³/mol. The average molecular weight is 208 g/mol. The summed E-state index contributed by atoms with van der Waals surface area (Å²) in [6.45, 7) is 0.677. The van der Waals surface area contributed by atoms with Gasteiger partial charge in [0, 0.05) is 6.20 Å². The monoisotopic (exact) mass is 208 g/mol. The van der Waals surface area contributed by atoms with Crippen molar-refractivity contribution in [1.82, 2.24) is 9.78 Å². The lowest BCUT2D eigenvalue weighted by Crippen LogP contribution is -2.22. The van der Waals surface area contributed by atoms with E-state index in [1.807, 2.05) is 4.68 Å². The van der Waals surface area contributed by atoms with Gasteiger partial charge in [-0.25, -0.2) is 0 Å². The highest BCUT2D eigenvalue weighted by Crippen LogP contribution is 2.34. The third-order valence-corrected chi connectivity index (χ3v) is 3.15. The second-order valence-electron chi connectivity index (χ2n) is 4.07. The Hall–Kier alpha value is -1.36. The molecule has 4 N–H and O–H groups in total. The van der Waals surface area contributed by atoms with Crippen molar-refractivity contribution in [3.63, 3.8) is 0 Å². The Morgan fingerprint density at radius 3 is 3.00 bits per heavy atom. The van der Waals surface area contributed by atoms with Crippen molar-refractivity contribution >= 4 is 5.91 Å². The quantitative estimate of drug-likeness (QED) is 0.748. The van der Waals surface area contributed by atoms with Gasteiger partial charge in [-0.1, -0.05) is 6.42 Å². The average Bonchev–Trinajstić information content (AvgIpc) is 2.85. The minimum Gasteiger partial charge on any atom is -0.366 e. The van der Waals surface area contributed by atoms with Crippen molar-refractivity contribution in [2.24, 2.45) is 17.4 Å². The van der Waals surface area contributed by atoms with Gasteiger partial charge in [0.25, 0.3) is 5.91 Å². The van der Waals surface area contributed by atoms with Gasteiger partial charge in [-0.2, -0.15) is 5.10 Å². The lowest BCUT2D eigenvalue weighted by molar-refractivity contribution is 0.1000. The number of rotatable bonds is 3. The van der Waals surface area contributed by atoms with Crippen LogP contribution >= 0.6 is 0 Å². The summed E-state index contributed by atoms with van der Waals surface area (Å²) < 4.78 is 1.84. The van der Waals surface area contributed by atoms with Gasteiger partial charge in [-0.05, 0) is 25.3 Å².